The first-order chi connectivity index (χ1) is 5.75. The zero-order valence-electron chi connectivity index (χ0n) is 7.08. The Morgan fingerprint density at radius 2 is 2.50 bits per heavy atom. The maximum Gasteiger partial charge on any atom is 0.333 e. The van der Waals surface area contributed by atoms with Crippen LogP contribution in [-0.4, -0.2) is 17.1 Å². The van der Waals surface area contributed by atoms with Crippen molar-refractivity contribution in [1.29, 1.82) is 0 Å². The fourth-order valence-corrected chi connectivity index (χ4v) is 1.28. The van der Waals surface area contributed by atoms with Crippen molar-refractivity contribution in [2.45, 2.75) is 25.8 Å². The van der Waals surface area contributed by atoms with E-state index in [1.807, 2.05) is 6.92 Å². The molecule has 3 nitrogen and oxygen atoms in total. The molecule has 2 N–H and O–H groups in total. The summed E-state index contributed by atoms with van der Waals surface area (Å²) in [6.07, 6.45) is 7.00. The van der Waals surface area contributed by atoms with Crippen LogP contribution in [-0.2, 0) is 4.79 Å². The first kappa shape index (κ1) is 8.84. The van der Waals surface area contributed by atoms with Gasteiger partial charge in [0.25, 0.3) is 0 Å². The molecule has 0 aliphatic carbocycles. The minimum Gasteiger partial charge on any atom is -0.478 e. The van der Waals surface area contributed by atoms with Gasteiger partial charge in [-0.3, -0.25) is 0 Å². The number of rotatable bonds is 3. The minimum atomic E-state index is -0.828. The second kappa shape index (κ2) is 3.95. The number of carboxylic acid groups (broad SMARTS) is 1. The van der Waals surface area contributed by atoms with Crippen molar-refractivity contribution in [3.05, 3.63) is 23.9 Å². The molecule has 0 fully saturated rings. The third-order valence-corrected chi connectivity index (χ3v) is 1.87. The van der Waals surface area contributed by atoms with Crippen molar-refractivity contribution >= 4 is 5.97 Å². The average molecular weight is 167 g/mol. The summed E-state index contributed by atoms with van der Waals surface area (Å²) in [6, 6.07) is -0.0162. The van der Waals surface area contributed by atoms with Gasteiger partial charge >= 0.3 is 5.97 Å². The summed E-state index contributed by atoms with van der Waals surface area (Å²) in [6.45, 7) is 2.04. The van der Waals surface area contributed by atoms with E-state index in [2.05, 4.69) is 5.32 Å². The fourth-order valence-electron chi connectivity index (χ4n) is 1.28. The predicted molar refractivity (Wildman–Crippen MR) is 46.7 cm³/mol. The third-order valence-electron chi connectivity index (χ3n) is 1.87. The molecule has 1 heterocycles. The van der Waals surface area contributed by atoms with E-state index in [4.69, 9.17) is 5.11 Å². The molecule has 1 atom stereocenters. The molecular formula is C9H13NO2. The average Bonchev–Trinajstić information content (AvgIpc) is 2.05. The molecule has 0 amide bonds. The zero-order valence-corrected chi connectivity index (χ0v) is 7.08. The van der Waals surface area contributed by atoms with Gasteiger partial charge in [0.05, 0.1) is 11.6 Å². The molecule has 12 heavy (non-hydrogen) atoms. The molecule has 1 aliphatic rings. The second-order valence-electron chi connectivity index (χ2n) is 2.79. The number of hydrogen-bond acceptors (Lipinski definition) is 2. The number of nitrogens with one attached hydrogen (secondary N) is 1. The molecule has 0 bridgehead atoms. The van der Waals surface area contributed by atoms with Gasteiger partial charge in [0.1, 0.15) is 0 Å². The normalized spacial score (nSPS) is 21.4. The van der Waals surface area contributed by atoms with E-state index in [1.165, 1.54) is 0 Å². The third kappa shape index (κ3) is 1.87. The molecule has 3 heteroatoms. The number of aliphatic carboxylic acids is 1. The summed E-state index contributed by atoms with van der Waals surface area (Å²) >= 11 is 0. The molecule has 0 saturated heterocycles. The highest BCUT2D eigenvalue weighted by Crippen LogP contribution is 2.12. The van der Waals surface area contributed by atoms with Crippen LogP contribution in [0.3, 0.4) is 0 Å². The van der Waals surface area contributed by atoms with Crippen LogP contribution in [0.5, 0.6) is 0 Å². The number of carbonyl (C=O) groups is 1. The molecule has 66 valence electrons. The standard InChI is InChI=1S/C9H13NO2/c1-2-4-8-7(9(11)12)5-3-6-10-8/h3,5-6,8,10H,2,4H2,1H3,(H,11,12). The molecule has 0 saturated carbocycles. The Morgan fingerprint density at radius 1 is 1.75 bits per heavy atom. The summed E-state index contributed by atoms with van der Waals surface area (Å²) in [5.41, 5.74) is 0.458. The van der Waals surface area contributed by atoms with Crippen molar-refractivity contribution < 1.29 is 9.90 Å². The summed E-state index contributed by atoms with van der Waals surface area (Å²) in [4.78, 5) is 10.7. The quantitative estimate of drug-likeness (QED) is 0.665. The molecule has 1 rings (SSSR count). The first-order valence-electron chi connectivity index (χ1n) is 4.11. The molecule has 1 unspecified atom stereocenters. The smallest absolute Gasteiger partial charge is 0.333 e. The van der Waals surface area contributed by atoms with Gasteiger partial charge in [0.15, 0.2) is 0 Å². The molecule has 0 aromatic carbocycles. The van der Waals surface area contributed by atoms with Crippen LogP contribution in [0.2, 0.25) is 0 Å². The van der Waals surface area contributed by atoms with Crippen molar-refractivity contribution in [3.8, 4) is 0 Å². The van der Waals surface area contributed by atoms with Crippen molar-refractivity contribution in [2.24, 2.45) is 0 Å². The van der Waals surface area contributed by atoms with E-state index < -0.39 is 5.97 Å². The lowest BCUT2D eigenvalue weighted by molar-refractivity contribution is -0.133. The Bertz CT molecular complexity index is 231. The van der Waals surface area contributed by atoms with Gasteiger partial charge in [-0.2, -0.15) is 0 Å². The summed E-state index contributed by atoms with van der Waals surface area (Å²) in [7, 11) is 0. The summed E-state index contributed by atoms with van der Waals surface area (Å²) in [5, 5.41) is 11.8. The Morgan fingerprint density at radius 3 is 3.08 bits per heavy atom. The molecule has 0 aromatic rings. The number of dihydropyridines is 1. The van der Waals surface area contributed by atoms with E-state index in [9.17, 15) is 4.79 Å². The fraction of sp³-hybridized carbons (Fsp3) is 0.444. The lowest BCUT2D eigenvalue weighted by atomic mass is 10.0. The largest absolute Gasteiger partial charge is 0.478 e. The SMILES string of the molecule is CCCC1NC=CC=C1C(=O)O. The van der Waals surface area contributed by atoms with Crippen LogP contribution < -0.4 is 5.32 Å². The number of allylic oxidation sites excluding steroid dienone is 2. The Balaban J connectivity index is 2.69. The van der Waals surface area contributed by atoms with Gasteiger partial charge < -0.3 is 10.4 Å². The van der Waals surface area contributed by atoms with Gasteiger partial charge in [0.2, 0.25) is 0 Å². The number of carboxylic acids is 1. The van der Waals surface area contributed by atoms with E-state index in [-0.39, 0.29) is 6.04 Å². The lowest BCUT2D eigenvalue weighted by Gasteiger charge is -2.19. The maximum absolute atomic E-state index is 10.7. The molecule has 0 radical (unpaired) electrons. The molecule has 0 aromatic heterocycles. The van der Waals surface area contributed by atoms with Crippen LogP contribution in [0, 0.1) is 0 Å². The van der Waals surface area contributed by atoms with Crippen molar-refractivity contribution in [1.82, 2.24) is 5.32 Å². The van der Waals surface area contributed by atoms with Gasteiger partial charge in [-0.25, -0.2) is 4.79 Å². The Hall–Kier alpha value is -1.25. The van der Waals surface area contributed by atoms with Crippen LogP contribution in [0.4, 0.5) is 0 Å². The van der Waals surface area contributed by atoms with E-state index in [1.54, 1.807) is 18.4 Å². The van der Waals surface area contributed by atoms with Crippen LogP contribution in [0.25, 0.3) is 0 Å². The maximum atomic E-state index is 10.7. The minimum absolute atomic E-state index is 0.0162. The lowest BCUT2D eigenvalue weighted by Crippen LogP contribution is -2.31. The topological polar surface area (TPSA) is 49.3 Å². The zero-order chi connectivity index (χ0) is 8.97. The molecule has 1 aliphatic heterocycles. The highest BCUT2D eigenvalue weighted by atomic mass is 16.4. The van der Waals surface area contributed by atoms with E-state index in [0.717, 1.165) is 12.8 Å². The Kier molecular flexibility index (Phi) is 2.91. The first-order valence-corrected chi connectivity index (χ1v) is 4.11. The van der Waals surface area contributed by atoms with Crippen LogP contribution in [0.1, 0.15) is 19.8 Å². The predicted octanol–water partition coefficient (Wildman–Crippen LogP) is 1.28. The summed E-state index contributed by atoms with van der Waals surface area (Å²) in [5.74, 6) is -0.828. The Labute approximate surface area is 71.8 Å². The van der Waals surface area contributed by atoms with E-state index in [0.29, 0.717) is 5.57 Å². The van der Waals surface area contributed by atoms with Gasteiger partial charge in [0, 0.05) is 0 Å². The van der Waals surface area contributed by atoms with E-state index >= 15 is 0 Å². The number of hydrogen-bond donors (Lipinski definition) is 2. The van der Waals surface area contributed by atoms with Crippen molar-refractivity contribution in [3.63, 3.8) is 0 Å². The highest BCUT2D eigenvalue weighted by Gasteiger charge is 2.19. The van der Waals surface area contributed by atoms with Gasteiger partial charge in [-0.1, -0.05) is 13.3 Å². The van der Waals surface area contributed by atoms with Gasteiger partial charge in [-0.05, 0) is 24.8 Å². The van der Waals surface area contributed by atoms with Crippen molar-refractivity contribution in [2.75, 3.05) is 0 Å². The highest BCUT2D eigenvalue weighted by molar-refractivity contribution is 5.88. The van der Waals surface area contributed by atoms with Crippen LogP contribution >= 0.6 is 0 Å². The van der Waals surface area contributed by atoms with Gasteiger partial charge in [-0.15, -0.1) is 0 Å². The van der Waals surface area contributed by atoms with Crippen LogP contribution in [0.15, 0.2) is 23.9 Å². The summed E-state index contributed by atoms with van der Waals surface area (Å²) < 4.78 is 0. The monoisotopic (exact) mass is 167 g/mol. The molecular weight excluding hydrogens is 154 g/mol. The molecule has 0 spiro atoms. The second-order valence-corrected chi connectivity index (χ2v) is 2.79.